The summed E-state index contributed by atoms with van der Waals surface area (Å²) in [7, 11) is 0. The molecule has 1 unspecified atom stereocenters. The second kappa shape index (κ2) is 4.85. The van der Waals surface area contributed by atoms with Gasteiger partial charge in [0.2, 0.25) is 0 Å². The third-order valence-corrected chi connectivity index (χ3v) is 2.53. The van der Waals surface area contributed by atoms with Crippen molar-refractivity contribution in [3.05, 3.63) is 0 Å². The molecule has 2 amide bonds. The molecule has 2 N–H and O–H groups in total. The largest absolute Gasteiger partial charge is 0.335 e. The second-order valence-corrected chi connectivity index (χ2v) is 4.10. The SMILES string of the molecule is CC(C)C(C#N)NC(=O)NC1CCC1. The van der Waals surface area contributed by atoms with Gasteiger partial charge >= 0.3 is 6.03 Å². The fourth-order valence-electron chi connectivity index (χ4n) is 1.27. The zero-order chi connectivity index (χ0) is 10.6. The molecule has 0 radical (unpaired) electrons. The highest BCUT2D eigenvalue weighted by Crippen LogP contribution is 2.17. The van der Waals surface area contributed by atoms with E-state index in [9.17, 15) is 4.79 Å². The van der Waals surface area contributed by atoms with Crippen LogP contribution in [-0.4, -0.2) is 18.1 Å². The Morgan fingerprint density at radius 2 is 2.14 bits per heavy atom. The molecule has 1 aliphatic carbocycles. The average molecular weight is 195 g/mol. The lowest BCUT2D eigenvalue weighted by Crippen LogP contribution is -2.49. The molecule has 78 valence electrons. The van der Waals surface area contributed by atoms with Gasteiger partial charge < -0.3 is 10.6 Å². The number of nitriles is 1. The lowest BCUT2D eigenvalue weighted by molar-refractivity contribution is 0.224. The van der Waals surface area contributed by atoms with Crippen LogP contribution in [0.4, 0.5) is 4.79 Å². The Morgan fingerprint density at radius 1 is 1.50 bits per heavy atom. The molecule has 4 nitrogen and oxygen atoms in total. The van der Waals surface area contributed by atoms with E-state index in [1.165, 1.54) is 6.42 Å². The Morgan fingerprint density at radius 3 is 2.50 bits per heavy atom. The molecule has 0 aliphatic heterocycles. The molecule has 0 bridgehead atoms. The van der Waals surface area contributed by atoms with E-state index >= 15 is 0 Å². The molecule has 1 saturated carbocycles. The topological polar surface area (TPSA) is 64.9 Å². The average Bonchev–Trinajstić information content (AvgIpc) is 2.07. The van der Waals surface area contributed by atoms with E-state index in [1.54, 1.807) is 0 Å². The predicted molar refractivity (Wildman–Crippen MR) is 53.5 cm³/mol. The summed E-state index contributed by atoms with van der Waals surface area (Å²) >= 11 is 0. The Labute approximate surface area is 84.7 Å². The molecule has 0 aromatic rings. The van der Waals surface area contributed by atoms with Gasteiger partial charge in [0, 0.05) is 6.04 Å². The number of hydrogen-bond donors (Lipinski definition) is 2. The van der Waals surface area contributed by atoms with Crippen molar-refractivity contribution in [1.82, 2.24) is 10.6 Å². The third kappa shape index (κ3) is 2.91. The minimum atomic E-state index is -0.393. The molecule has 1 aliphatic rings. The maximum Gasteiger partial charge on any atom is 0.316 e. The smallest absolute Gasteiger partial charge is 0.316 e. The van der Waals surface area contributed by atoms with Gasteiger partial charge in [-0.1, -0.05) is 13.8 Å². The minimum Gasteiger partial charge on any atom is -0.335 e. The lowest BCUT2D eigenvalue weighted by atomic mass is 9.93. The molecular weight excluding hydrogens is 178 g/mol. The first-order valence-corrected chi connectivity index (χ1v) is 5.10. The Kier molecular flexibility index (Phi) is 3.75. The predicted octanol–water partition coefficient (Wildman–Crippen LogP) is 1.39. The van der Waals surface area contributed by atoms with Crippen molar-refractivity contribution in [1.29, 1.82) is 5.26 Å². The molecule has 0 aromatic heterocycles. The zero-order valence-electron chi connectivity index (χ0n) is 8.71. The van der Waals surface area contributed by atoms with Crippen LogP contribution in [0.5, 0.6) is 0 Å². The summed E-state index contributed by atoms with van der Waals surface area (Å²) in [5, 5.41) is 14.2. The van der Waals surface area contributed by atoms with Crippen LogP contribution in [0.15, 0.2) is 0 Å². The standard InChI is InChI=1S/C10H17N3O/c1-7(2)9(6-11)13-10(14)12-8-4-3-5-8/h7-9H,3-5H2,1-2H3,(H2,12,13,14). The Bertz CT molecular complexity index is 240. The van der Waals surface area contributed by atoms with E-state index in [1.807, 2.05) is 13.8 Å². The highest BCUT2D eigenvalue weighted by atomic mass is 16.2. The number of nitrogens with zero attached hydrogens (tertiary/aromatic N) is 1. The molecule has 0 aromatic carbocycles. The van der Waals surface area contributed by atoms with Crippen molar-refractivity contribution < 1.29 is 4.79 Å². The van der Waals surface area contributed by atoms with Crippen molar-refractivity contribution in [3.63, 3.8) is 0 Å². The molecular formula is C10H17N3O. The first kappa shape index (κ1) is 10.8. The molecule has 4 heteroatoms. The first-order chi connectivity index (χ1) is 6.63. The Hall–Kier alpha value is -1.24. The quantitative estimate of drug-likeness (QED) is 0.714. The fraction of sp³-hybridized carbons (Fsp3) is 0.800. The van der Waals surface area contributed by atoms with Crippen LogP contribution in [0, 0.1) is 17.2 Å². The summed E-state index contributed by atoms with van der Waals surface area (Å²) < 4.78 is 0. The van der Waals surface area contributed by atoms with Crippen LogP contribution in [0.25, 0.3) is 0 Å². The first-order valence-electron chi connectivity index (χ1n) is 5.10. The number of nitrogens with one attached hydrogen (secondary N) is 2. The highest BCUT2D eigenvalue weighted by molar-refractivity contribution is 5.75. The van der Waals surface area contributed by atoms with E-state index in [0.717, 1.165) is 12.8 Å². The fourth-order valence-corrected chi connectivity index (χ4v) is 1.27. The van der Waals surface area contributed by atoms with Crippen LogP contribution in [-0.2, 0) is 0 Å². The van der Waals surface area contributed by atoms with Crippen molar-refractivity contribution >= 4 is 6.03 Å². The van der Waals surface area contributed by atoms with Crippen molar-refractivity contribution in [2.75, 3.05) is 0 Å². The van der Waals surface area contributed by atoms with Gasteiger partial charge in [0.05, 0.1) is 6.07 Å². The number of hydrogen-bond acceptors (Lipinski definition) is 2. The molecule has 1 fully saturated rings. The van der Waals surface area contributed by atoms with Crippen LogP contribution in [0.1, 0.15) is 33.1 Å². The summed E-state index contributed by atoms with van der Waals surface area (Å²) in [5.41, 5.74) is 0. The van der Waals surface area contributed by atoms with Gasteiger partial charge in [-0.3, -0.25) is 0 Å². The number of carbonyl (C=O) groups excluding carboxylic acids is 1. The van der Waals surface area contributed by atoms with Gasteiger partial charge in [-0.25, -0.2) is 4.79 Å². The molecule has 0 saturated heterocycles. The van der Waals surface area contributed by atoms with Crippen LogP contribution in [0.2, 0.25) is 0 Å². The van der Waals surface area contributed by atoms with E-state index in [4.69, 9.17) is 5.26 Å². The minimum absolute atomic E-state index is 0.146. The number of rotatable bonds is 3. The van der Waals surface area contributed by atoms with Crippen LogP contribution in [0.3, 0.4) is 0 Å². The summed E-state index contributed by atoms with van der Waals surface area (Å²) in [6.07, 6.45) is 3.31. The lowest BCUT2D eigenvalue weighted by Gasteiger charge is -2.27. The van der Waals surface area contributed by atoms with Gasteiger partial charge in [0.25, 0.3) is 0 Å². The molecule has 0 spiro atoms. The van der Waals surface area contributed by atoms with Crippen molar-refractivity contribution in [2.45, 2.75) is 45.2 Å². The maximum absolute atomic E-state index is 11.3. The van der Waals surface area contributed by atoms with Crippen molar-refractivity contribution in [3.8, 4) is 6.07 Å². The zero-order valence-corrected chi connectivity index (χ0v) is 8.71. The second-order valence-electron chi connectivity index (χ2n) is 4.10. The van der Waals surface area contributed by atoms with E-state index < -0.39 is 6.04 Å². The van der Waals surface area contributed by atoms with Gasteiger partial charge in [0.1, 0.15) is 6.04 Å². The normalized spacial score (nSPS) is 18.1. The summed E-state index contributed by atoms with van der Waals surface area (Å²) in [6.45, 7) is 3.83. The third-order valence-electron chi connectivity index (χ3n) is 2.53. The van der Waals surface area contributed by atoms with Gasteiger partial charge in [-0.2, -0.15) is 5.26 Å². The van der Waals surface area contributed by atoms with E-state index in [0.29, 0.717) is 6.04 Å². The van der Waals surface area contributed by atoms with E-state index in [2.05, 4.69) is 16.7 Å². The molecule has 1 atom stereocenters. The number of carbonyl (C=O) groups is 1. The summed E-state index contributed by atoms with van der Waals surface area (Å²) in [5.74, 6) is 0.146. The summed E-state index contributed by atoms with van der Waals surface area (Å²) in [4.78, 5) is 11.3. The monoisotopic (exact) mass is 195 g/mol. The molecule has 1 rings (SSSR count). The summed E-state index contributed by atoms with van der Waals surface area (Å²) in [6, 6.07) is 1.78. The van der Waals surface area contributed by atoms with Crippen LogP contribution < -0.4 is 10.6 Å². The number of amides is 2. The Balaban J connectivity index is 2.27. The van der Waals surface area contributed by atoms with E-state index in [-0.39, 0.29) is 11.9 Å². The maximum atomic E-state index is 11.3. The molecule has 0 heterocycles. The van der Waals surface area contributed by atoms with Gasteiger partial charge in [-0.05, 0) is 25.2 Å². The molecule has 14 heavy (non-hydrogen) atoms. The van der Waals surface area contributed by atoms with Gasteiger partial charge in [0.15, 0.2) is 0 Å². The van der Waals surface area contributed by atoms with Crippen molar-refractivity contribution in [2.24, 2.45) is 5.92 Å². The van der Waals surface area contributed by atoms with Crippen LogP contribution >= 0.6 is 0 Å². The van der Waals surface area contributed by atoms with Gasteiger partial charge in [-0.15, -0.1) is 0 Å². The highest BCUT2D eigenvalue weighted by Gasteiger charge is 2.21. The number of urea groups is 1.